The smallest absolute Gasteiger partial charge is 0.0724 e. The van der Waals surface area contributed by atoms with E-state index in [1.54, 1.807) is 0 Å². The van der Waals surface area contributed by atoms with E-state index in [4.69, 9.17) is 17.4 Å². The molecule has 2 rings (SSSR count). The van der Waals surface area contributed by atoms with Crippen molar-refractivity contribution >= 4 is 27.5 Å². The van der Waals surface area contributed by atoms with Crippen LogP contribution in [0.4, 0.5) is 0 Å². The molecule has 4 heteroatoms. The first-order valence-corrected chi connectivity index (χ1v) is 8.18. The molecular weight excluding hydrogens is 348 g/mol. The number of rotatable bonds is 5. The molecule has 0 bridgehead atoms. The second kappa shape index (κ2) is 7.41. The van der Waals surface area contributed by atoms with Gasteiger partial charge in [0.15, 0.2) is 0 Å². The fourth-order valence-corrected chi connectivity index (χ4v) is 3.25. The second-order valence-electron chi connectivity index (χ2n) is 5.61. The highest BCUT2D eigenvalue weighted by atomic mass is 79.9. The average Bonchev–Trinajstić information content (AvgIpc) is 2.41. The Hall–Kier alpha value is -0.870. The number of hydrogen-bond acceptors (Lipinski definition) is 2. The van der Waals surface area contributed by atoms with Crippen LogP contribution in [-0.2, 0) is 6.42 Å². The summed E-state index contributed by atoms with van der Waals surface area (Å²) >= 11 is 9.78. The Kier molecular flexibility index (Phi) is 5.82. The molecule has 0 radical (unpaired) electrons. The van der Waals surface area contributed by atoms with Crippen LogP contribution < -0.4 is 11.3 Å². The van der Waals surface area contributed by atoms with Gasteiger partial charge in [0.2, 0.25) is 0 Å². The highest BCUT2D eigenvalue weighted by Crippen LogP contribution is 2.30. The molecule has 2 nitrogen and oxygen atoms in total. The SMILES string of the molecule is CC(C)Cc1cccc(C(NN)c2ccc(Br)cc2Cl)c1. The Labute approximate surface area is 139 Å². The van der Waals surface area contributed by atoms with Gasteiger partial charge in [0.25, 0.3) is 0 Å². The minimum absolute atomic E-state index is 0.113. The summed E-state index contributed by atoms with van der Waals surface area (Å²) in [5, 5.41) is 0.696. The third kappa shape index (κ3) is 4.30. The van der Waals surface area contributed by atoms with E-state index in [-0.39, 0.29) is 6.04 Å². The van der Waals surface area contributed by atoms with E-state index in [0.717, 1.165) is 22.0 Å². The average molecular weight is 368 g/mol. The molecule has 0 aliphatic carbocycles. The number of nitrogens with two attached hydrogens (primary N) is 1. The number of hydrazine groups is 1. The van der Waals surface area contributed by atoms with Crippen molar-refractivity contribution in [3.05, 3.63) is 68.7 Å². The number of halogens is 2. The van der Waals surface area contributed by atoms with Crippen LogP contribution in [0.15, 0.2) is 46.9 Å². The van der Waals surface area contributed by atoms with Gasteiger partial charge in [-0.05, 0) is 41.2 Å². The largest absolute Gasteiger partial charge is 0.271 e. The zero-order valence-corrected chi connectivity index (χ0v) is 14.6. The van der Waals surface area contributed by atoms with E-state index in [2.05, 4.69) is 59.5 Å². The van der Waals surface area contributed by atoms with Crippen LogP contribution in [0.3, 0.4) is 0 Å². The van der Waals surface area contributed by atoms with Crippen molar-refractivity contribution < 1.29 is 0 Å². The van der Waals surface area contributed by atoms with Crippen LogP contribution in [0.1, 0.15) is 36.6 Å². The van der Waals surface area contributed by atoms with Crippen molar-refractivity contribution in [2.75, 3.05) is 0 Å². The lowest BCUT2D eigenvalue weighted by Crippen LogP contribution is -2.29. The molecule has 0 fully saturated rings. The van der Waals surface area contributed by atoms with Crippen molar-refractivity contribution in [2.45, 2.75) is 26.3 Å². The van der Waals surface area contributed by atoms with Crippen LogP contribution >= 0.6 is 27.5 Å². The Morgan fingerprint density at radius 3 is 2.57 bits per heavy atom. The van der Waals surface area contributed by atoms with Crippen molar-refractivity contribution in [1.82, 2.24) is 5.43 Å². The fourth-order valence-electron chi connectivity index (χ4n) is 2.47. The Balaban J connectivity index is 2.37. The minimum atomic E-state index is -0.113. The molecule has 0 spiro atoms. The van der Waals surface area contributed by atoms with Gasteiger partial charge in [0, 0.05) is 9.50 Å². The summed E-state index contributed by atoms with van der Waals surface area (Å²) in [6.07, 6.45) is 1.05. The van der Waals surface area contributed by atoms with Crippen molar-refractivity contribution in [1.29, 1.82) is 0 Å². The van der Waals surface area contributed by atoms with Gasteiger partial charge in [0.1, 0.15) is 0 Å². The van der Waals surface area contributed by atoms with E-state index in [1.807, 2.05) is 18.2 Å². The molecule has 0 saturated carbocycles. The first-order valence-electron chi connectivity index (χ1n) is 7.01. The van der Waals surface area contributed by atoms with Gasteiger partial charge in [-0.15, -0.1) is 0 Å². The van der Waals surface area contributed by atoms with Crippen LogP contribution in [-0.4, -0.2) is 0 Å². The van der Waals surface area contributed by atoms with Gasteiger partial charge in [0.05, 0.1) is 6.04 Å². The molecule has 0 aromatic heterocycles. The van der Waals surface area contributed by atoms with Crippen molar-refractivity contribution in [3.63, 3.8) is 0 Å². The van der Waals surface area contributed by atoms with Crippen LogP contribution in [0, 0.1) is 5.92 Å². The predicted molar refractivity (Wildman–Crippen MR) is 93.3 cm³/mol. The fraction of sp³-hybridized carbons (Fsp3) is 0.294. The summed E-state index contributed by atoms with van der Waals surface area (Å²) in [5.41, 5.74) is 6.29. The summed E-state index contributed by atoms with van der Waals surface area (Å²) < 4.78 is 0.959. The first-order chi connectivity index (χ1) is 10.0. The summed E-state index contributed by atoms with van der Waals surface area (Å²) in [4.78, 5) is 0. The second-order valence-corrected chi connectivity index (χ2v) is 6.93. The van der Waals surface area contributed by atoms with E-state index in [9.17, 15) is 0 Å². The molecule has 0 saturated heterocycles. The molecule has 0 aliphatic heterocycles. The van der Waals surface area contributed by atoms with Crippen LogP contribution in [0.5, 0.6) is 0 Å². The van der Waals surface area contributed by atoms with E-state index < -0.39 is 0 Å². The van der Waals surface area contributed by atoms with Gasteiger partial charge >= 0.3 is 0 Å². The number of hydrogen-bond donors (Lipinski definition) is 2. The first kappa shape index (κ1) is 16.5. The maximum Gasteiger partial charge on any atom is 0.0724 e. The number of nitrogens with one attached hydrogen (secondary N) is 1. The van der Waals surface area contributed by atoms with E-state index in [1.165, 1.54) is 5.56 Å². The highest BCUT2D eigenvalue weighted by molar-refractivity contribution is 9.10. The van der Waals surface area contributed by atoms with Gasteiger partial charge < -0.3 is 0 Å². The van der Waals surface area contributed by atoms with Gasteiger partial charge in [-0.3, -0.25) is 5.84 Å². The van der Waals surface area contributed by atoms with E-state index >= 15 is 0 Å². The molecular formula is C17H20BrClN2. The molecule has 2 aromatic rings. The summed E-state index contributed by atoms with van der Waals surface area (Å²) in [6, 6.07) is 14.2. The summed E-state index contributed by atoms with van der Waals surface area (Å²) in [5.74, 6) is 6.40. The lowest BCUT2D eigenvalue weighted by atomic mass is 9.95. The maximum absolute atomic E-state index is 6.35. The summed E-state index contributed by atoms with van der Waals surface area (Å²) in [6.45, 7) is 4.44. The lowest BCUT2D eigenvalue weighted by Gasteiger charge is -2.19. The Morgan fingerprint density at radius 1 is 1.19 bits per heavy atom. The Morgan fingerprint density at radius 2 is 1.95 bits per heavy atom. The van der Waals surface area contributed by atoms with Crippen LogP contribution in [0.25, 0.3) is 0 Å². The van der Waals surface area contributed by atoms with Crippen LogP contribution in [0.2, 0.25) is 5.02 Å². The standard InChI is InChI=1S/C17H20BrClN2/c1-11(2)8-12-4-3-5-13(9-12)17(21-20)15-7-6-14(18)10-16(15)19/h3-7,9-11,17,21H,8,20H2,1-2H3. The minimum Gasteiger partial charge on any atom is -0.271 e. The van der Waals surface area contributed by atoms with Gasteiger partial charge in [-0.25, -0.2) is 5.43 Å². The quantitative estimate of drug-likeness (QED) is 0.585. The monoisotopic (exact) mass is 366 g/mol. The molecule has 112 valence electrons. The molecule has 0 amide bonds. The molecule has 0 aliphatic rings. The van der Waals surface area contributed by atoms with Gasteiger partial charge in [-0.2, -0.15) is 0 Å². The third-order valence-corrected chi connectivity index (χ3v) is 4.19. The van der Waals surface area contributed by atoms with Crippen molar-refractivity contribution in [2.24, 2.45) is 11.8 Å². The molecule has 3 N–H and O–H groups in total. The topological polar surface area (TPSA) is 38.0 Å². The molecule has 2 aromatic carbocycles. The number of benzene rings is 2. The normalized spacial score (nSPS) is 12.7. The predicted octanol–water partition coefficient (Wildman–Crippen LogP) is 4.85. The molecule has 1 unspecified atom stereocenters. The lowest BCUT2D eigenvalue weighted by molar-refractivity contribution is 0.628. The zero-order chi connectivity index (χ0) is 15.4. The Bertz CT molecular complexity index is 613. The maximum atomic E-state index is 6.35. The molecule has 0 heterocycles. The summed E-state index contributed by atoms with van der Waals surface area (Å²) in [7, 11) is 0. The highest BCUT2D eigenvalue weighted by Gasteiger charge is 2.16. The van der Waals surface area contributed by atoms with E-state index in [0.29, 0.717) is 10.9 Å². The molecule has 21 heavy (non-hydrogen) atoms. The molecule has 1 atom stereocenters. The van der Waals surface area contributed by atoms with Crippen molar-refractivity contribution in [3.8, 4) is 0 Å². The van der Waals surface area contributed by atoms with Gasteiger partial charge in [-0.1, -0.05) is 71.7 Å². The zero-order valence-electron chi connectivity index (χ0n) is 12.2. The third-order valence-electron chi connectivity index (χ3n) is 3.37.